The van der Waals surface area contributed by atoms with Gasteiger partial charge in [0.15, 0.2) is 0 Å². The first-order valence-electron chi connectivity index (χ1n) is 9.44. The van der Waals surface area contributed by atoms with Gasteiger partial charge >= 0.3 is 5.97 Å². The Morgan fingerprint density at radius 2 is 1.69 bits per heavy atom. The maximum absolute atomic E-state index is 13.4. The number of anilines is 2. The molecule has 0 aromatic heterocycles. The number of hydrogen-bond donors (Lipinski definition) is 1. The molecule has 3 aromatic rings. The summed E-state index contributed by atoms with van der Waals surface area (Å²) in [4.78, 5) is 27.0. The molecule has 1 heterocycles. The lowest BCUT2D eigenvalue weighted by Crippen LogP contribution is -2.43. The molecule has 5 heteroatoms. The molecule has 1 aliphatic rings. The second-order valence-electron chi connectivity index (χ2n) is 7.15. The second-order valence-corrected chi connectivity index (χ2v) is 7.15. The first-order valence-corrected chi connectivity index (χ1v) is 9.44. The molecule has 1 amide bonds. The van der Waals surface area contributed by atoms with Crippen molar-refractivity contribution in [2.45, 2.75) is 20.0 Å². The van der Waals surface area contributed by atoms with Crippen LogP contribution < -0.4 is 10.2 Å². The van der Waals surface area contributed by atoms with Crippen molar-refractivity contribution in [2.24, 2.45) is 0 Å². The minimum atomic E-state index is -0.397. The zero-order valence-corrected chi connectivity index (χ0v) is 16.6. The molecule has 0 saturated carbocycles. The fraction of sp³-hybridized carbons (Fsp3) is 0.167. The lowest BCUT2D eigenvalue weighted by molar-refractivity contribution is 0.0600. The van der Waals surface area contributed by atoms with Gasteiger partial charge in [-0.3, -0.25) is 9.69 Å². The van der Waals surface area contributed by atoms with Crippen LogP contribution in [0.2, 0.25) is 0 Å². The number of esters is 1. The van der Waals surface area contributed by atoms with Crippen LogP contribution in [0.3, 0.4) is 0 Å². The van der Waals surface area contributed by atoms with Gasteiger partial charge in [0.05, 0.1) is 18.2 Å². The van der Waals surface area contributed by atoms with Crippen molar-refractivity contribution < 1.29 is 14.3 Å². The van der Waals surface area contributed by atoms with E-state index in [0.29, 0.717) is 11.1 Å². The molecule has 1 atom stereocenters. The van der Waals surface area contributed by atoms with Crippen molar-refractivity contribution in [2.75, 3.05) is 17.3 Å². The predicted octanol–water partition coefficient (Wildman–Crippen LogP) is 4.86. The molecule has 1 N–H and O–H groups in total. The average molecular weight is 386 g/mol. The van der Waals surface area contributed by atoms with Crippen LogP contribution in [0.15, 0.2) is 66.7 Å². The van der Waals surface area contributed by atoms with Crippen molar-refractivity contribution >= 4 is 23.3 Å². The topological polar surface area (TPSA) is 58.6 Å². The van der Waals surface area contributed by atoms with Gasteiger partial charge in [-0.05, 0) is 66.9 Å². The number of rotatable bonds is 3. The van der Waals surface area contributed by atoms with E-state index in [4.69, 9.17) is 4.74 Å². The van der Waals surface area contributed by atoms with Gasteiger partial charge in [0, 0.05) is 11.4 Å². The van der Waals surface area contributed by atoms with Gasteiger partial charge in [-0.1, -0.05) is 30.3 Å². The molecule has 3 aromatic carbocycles. The number of methoxy groups -OCH3 is 1. The molecule has 29 heavy (non-hydrogen) atoms. The van der Waals surface area contributed by atoms with Crippen LogP contribution in [0.1, 0.15) is 43.6 Å². The minimum absolute atomic E-state index is 0.0651. The summed E-state index contributed by atoms with van der Waals surface area (Å²) in [6.45, 7) is 4.09. The van der Waals surface area contributed by atoms with Crippen LogP contribution in [-0.4, -0.2) is 19.0 Å². The molecular weight excluding hydrogens is 364 g/mol. The lowest BCUT2D eigenvalue weighted by Gasteiger charge is -2.38. The van der Waals surface area contributed by atoms with E-state index in [1.54, 1.807) is 17.0 Å². The minimum Gasteiger partial charge on any atom is -0.465 e. The number of carbonyl (C=O) groups excluding carboxylic acids is 2. The Labute approximate surface area is 169 Å². The van der Waals surface area contributed by atoms with Gasteiger partial charge < -0.3 is 10.1 Å². The molecule has 0 unspecified atom stereocenters. The van der Waals surface area contributed by atoms with E-state index in [1.165, 1.54) is 12.7 Å². The first-order chi connectivity index (χ1) is 14.0. The van der Waals surface area contributed by atoms with Gasteiger partial charge in [0.2, 0.25) is 0 Å². The second kappa shape index (κ2) is 7.43. The fourth-order valence-electron chi connectivity index (χ4n) is 3.55. The van der Waals surface area contributed by atoms with Gasteiger partial charge in [-0.25, -0.2) is 4.79 Å². The number of para-hydroxylation sites is 1. The summed E-state index contributed by atoms with van der Waals surface area (Å²) >= 11 is 0. The Bertz CT molecular complexity index is 1090. The van der Waals surface area contributed by atoms with Crippen LogP contribution >= 0.6 is 0 Å². The van der Waals surface area contributed by atoms with Crippen molar-refractivity contribution in [1.82, 2.24) is 0 Å². The third-order valence-corrected chi connectivity index (χ3v) is 5.34. The highest BCUT2D eigenvalue weighted by atomic mass is 16.5. The molecular formula is C24H22N2O3. The molecule has 4 rings (SSSR count). The average Bonchev–Trinajstić information content (AvgIpc) is 2.75. The Morgan fingerprint density at radius 1 is 0.966 bits per heavy atom. The summed E-state index contributed by atoms with van der Waals surface area (Å²) in [5.74, 6) is -0.453. The number of carbonyl (C=O) groups is 2. The molecule has 0 radical (unpaired) electrons. The first kappa shape index (κ1) is 18.7. The molecule has 0 bridgehead atoms. The summed E-state index contributed by atoms with van der Waals surface area (Å²) in [5.41, 5.74) is 5.88. The van der Waals surface area contributed by atoms with Crippen molar-refractivity contribution in [3.8, 4) is 0 Å². The molecule has 0 aliphatic carbocycles. The third-order valence-electron chi connectivity index (χ3n) is 5.34. The smallest absolute Gasteiger partial charge is 0.337 e. The number of fused-ring (bicyclic) bond motifs is 1. The Kier molecular flexibility index (Phi) is 4.80. The van der Waals surface area contributed by atoms with Gasteiger partial charge in [-0.2, -0.15) is 0 Å². The van der Waals surface area contributed by atoms with E-state index in [2.05, 4.69) is 5.32 Å². The highest BCUT2D eigenvalue weighted by Crippen LogP contribution is 2.37. The maximum Gasteiger partial charge on any atom is 0.337 e. The number of nitrogens with zero attached hydrogens (tertiary/aromatic N) is 1. The summed E-state index contributed by atoms with van der Waals surface area (Å²) in [6, 6.07) is 20.6. The lowest BCUT2D eigenvalue weighted by atomic mass is 10.0. The standard InChI is InChI=1S/C24H22N2O3/c1-15-8-13-19(14-16(15)2)26-22(17-9-11-18(12-10-17)24(28)29-3)25-21-7-5-4-6-20(21)23(26)27/h4-14,22,25H,1-3H3/t22-/m1/s1. The number of ether oxygens (including phenoxy) is 1. The number of amides is 1. The van der Waals surface area contributed by atoms with E-state index in [9.17, 15) is 9.59 Å². The zero-order valence-electron chi connectivity index (χ0n) is 16.6. The summed E-state index contributed by atoms with van der Waals surface area (Å²) in [6.07, 6.45) is -0.397. The Balaban J connectivity index is 1.81. The monoisotopic (exact) mass is 386 g/mol. The van der Waals surface area contributed by atoms with E-state index < -0.39 is 6.17 Å². The number of nitrogens with one attached hydrogen (secondary N) is 1. The zero-order chi connectivity index (χ0) is 20.5. The van der Waals surface area contributed by atoms with Crippen LogP contribution in [-0.2, 0) is 4.74 Å². The summed E-state index contributed by atoms with van der Waals surface area (Å²) in [5, 5.41) is 3.48. The van der Waals surface area contributed by atoms with E-state index in [1.807, 2.05) is 68.4 Å². The van der Waals surface area contributed by atoms with Gasteiger partial charge in [-0.15, -0.1) is 0 Å². The van der Waals surface area contributed by atoms with E-state index >= 15 is 0 Å². The Hall–Kier alpha value is -3.60. The van der Waals surface area contributed by atoms with Crippen LogP contribution in [0.4, 0.5) is 11.4 Å². The number of hydrogen-bond acceptors (Lipinski definition) is 4. The summed E-state index contributed by atoms with van der Waals surface area (Å²) in [7, 11) is 1.36. The predicted molar refractivity (Wildman–Crippen MR) is 113 cm³/mol. The molecule has 146 valence electrons. The van der Waals surface area contributed by atoms with Crippen LogP contribution in [0.5, 0.6) is 0 Å². The molecule has 5 nitrogen and oxygen atoms in total. The highest BCUT2D eigenvalue weighted by molar-refractivity contribution is 6.12. The largest absolute Gasteiger partial charge is 0.465 e. The molecule has 0 fully saturated rings. The number of aryl methyl sites for hydroxylation is 2. The molecule has 0 saturated heterocycles. The fourth-order valence-corrected chi connectivity index (χ4v) is 3.55. The highest BCUT2D eigenvalue weighted by Gasteiger charge is 2.34. The Morgan fingerprint density at radius 3 is 2.38 bits per heavy atom. The van der Waals surface area contributed by atoms with Crippen molar-refractivity contribution in [1.29, 1.82) is 0 Å². The van der Waals surface area contributed by atoms with Crippen LogP contribution in [0.25, 0.3) is 0 Å². The quantitative estimate of drug-likeness (QED) is 0.653. The van der Waals surface area contributed by atoms with Crippen molar-refractivity contribution in [3.05, 3.63) is 94.5 Å². The van der Waals surface area contributed by atoms with Gasteiger partial charge in [0.25, 0.3) is 5.91 Å². The normalized spacial score (nSPS) is 15.5. The summed E-state index contributed by atoms with van der Waals surface area (Å²) < 4.78 is 4.78. The third kappa shape index (κ3) is 3.36. The number of benzene rings is 3. The maximum atomic E-state index is 13.4. The van der Waals surface area contributed by atoms with E-state index in [0.717, 1.165) is 22.5 Å². The van der Waals surface area contributed by atoms with Crippen LogP contribution in [0, 0.1) is 13.8 Å². The van der Waals surface area contributed by atoms with Gasteiger partial charge in [0.1, 0.15) is 6.17 Å². The van der Waals surface area contributed by atoms with Crippen molar-refractivity contribution in [3.63, 3.8) is 0 Å². The molecule has 1 aliphatic heterocycles. The SMILES string of the molecule is COC(=O)c1ccc([C@@H]2Nc3ccccc3C(=O)N2c2ccc(C)c(C)c2)cc1. The molecule has 0 spiro atoms. The van der Waals surface area contributed by atoms with E-state index in [-0.39, 0.29) is 11.9 Å².